The molecule has 0 aromatic carbocycles. The van der Waals surface area contributed by atoms with Crippen LogP contribution in [0.25, 0.3) is 0 Å². The Morgan fingerprint density at radius 1 is 1.31 bits per heavy atom. The molecule has 0 unspecified atom stereocenters. The van der Waals surface area contributed by atoms with Crippen LogP contribution in [0.5, 0.6) is 0 Å². The van der Waals surface area contributed by atoms with Crippen molar-refractivity contribution in [3.05, 3.63) is 17.5 Å². The molecule has 3 atom stereocenters. The normalized spacial score (nSPS) is 18.6. The van der Waals surface area contributed by atoms with Gasteiger partial charge < -0.3 is 25.6 Å². The Bertz CT molecular complexity index is 760. The molecule has 1 aromatic rings. The molecule has 4 N–H and O–H groups in total. The maximum Gasteiger partial charge on any atom is 0.326 e. The van der Waals surface area contributed by atoms with Crippen molar-refractivity contribution in [2.45, 2.75) is 58.5 Å². The first-order valence-corrected chi connectivity index (χ1v) is 9.72. The Morgan fingerprint density at radius 2 is 2.03 bits per heavy atom. The quantitative estimate of drug-likeness (QED) is 0.467. The molecule has 2 rings (SSSR count). The summed E-state index contributed by atoms with van der Waals surface area (Å²) >= 11 is 0. The Kier molecular flexibility index (Phi) is 7.74. The van der Waals surface area contributed by atoms with Gasteiger partial charge in [0.25, 0.3) is 5.91 Å². The molecule has 0 spiro atoms. The minimum absolute atomic E-state index is 0.00225. The molecule has 0 radical (unpaired) electrons. The zero-order chi connectivity index (χ0) is 21.6. The number of carbonyl (C=O) groups excluding carboxylic acids is 3. The van der Waals surface area contributed by atoms with E-state index < -0.39 is 35.8 Å². The molecule has 2 heterocycles. The molecule has 29 heavy (non-hydrogen) atoms. The van der Waals surface area contributed by atoms with Crippen LogP contribution in [-0.2, 0) is 14.4 Å². The molecular weight excluding hydrogens is 380 g/mol. The molecular formula is C19H28N4O6. The van der Waals surface area contributed by atoms with E-state index in [1.54, 1.807) is 6.92 Å². The second-order valence-corrected chi connectivity index (χ2v) is 7.74. The largest absolute Gasteiger partial charge is 0.480 e. The molecule has 1 aliphatic heterocycles. The van der Waals surface area contributed by atoms with E-state index in [4.69, 9.17) is 4.52 Å². The number of aromatic nitrogens is 1. The standard InChI is InChI=1S/C19H28N4O6/c1-10(2)7-13(21-18(26)14-8-11(3)29-23-14)17(25)22-15(19(27)28)9-12-5-4-6-20-16(12)24/h8,10,12-13,15H,4-7,9H2,1-3H3,(H,20,24)(H,21,26)(H,22,25)(H,27,28)/t12-,13-,15-/m0/s1. The predicted molar refractivity (Wildman–Crippen MR) is 102 cm³/mol. The van der Waals surface area contributed by atoms with Crippen LogP contribution in [0.15, 0.2) is 10.6 Å². The highest BCUT2D eigenvalue weighted by Gasteiger charge is 2.32. The molecule has 1 fully saturated rings. The molecule has 0 saturated carbocycles. The maximum absolute atomic E-state index is 12.8. The summed E-state index contributed by atoms with van der Waals surface area (Å²) in [6, 6.07) is -0.722. The van der Waals surface area contributed by atoms with Crippen LogP contribution in [0.1, 0.15) is 55.8 Å². The highest BCUT2D eigenvalue weighted by atomic mass is 16.5. The van der Waals surface area contributed by atoms with Gasteiger partial charge in [0.05, 0.1) is 0 Å². The summed E-state index contributed by atoms with van der Waals surface area (Å²) in [6.45, 7) is 5.98. The Hall–Kier alpha value is -2.91. The van der Waals surface area contributed by atoms with Crippen LogP contribution in [0.4, 0.5) is 0 Å². The monoisotopic (exact) mass is 408 g/mol. The van der Waals surface area contributed by atoms with E-state index in [1.165, 1.54) is 6.07 Å². The number of nitrogens with one attached hydrogen (secondary N) is 3. The minimum atomic E-state index is -1.22. The van der Waals surface area contributed by atoms with Gasteiger partial charge in [-0.3, -0.25) is 14.4 Å². The number of carbonyl (C=O) groups is 4. The highest BCUT2D eigenvalue weighted by Crippen LogP contribution is 2.18. The van der Waals surface area contributed by atoms with E-state index in [1.807, 2.05) is 13.8 Å². The van der Waals surface area contributed by atoms with E-state index >= 15 is 0 Å². The summed E-state index contributed by atoms with van der Waals surface area (Å²) in [6.07, 6.45) is 1.64. The van der Waals surface area contributed by atoms with Crippen molar-refractivity contribution in [3.8, 4) is 0 Å². The molecule has 0 aliphatic carbocycles. The summed E-state index contributed by atoms with van der Waals surface area (Å²) < 4.78 is 4.87. The summed E-state index contributed by atoms with van der Waals surface area (Å²) in [5.41, 5.74) is 0.0396. The SMILES string of the molecule is Cc1cc(C(=O)N[C@@H](CC(C)C)C(=O)N[C@@H](C[C@@H]2CCCNC2=O)C(=O)O)no1. The van der Waals surface area contributed by atoms with Gasteiger partial charge in [0.2, 0.25) is 11.8 Å². The molecule has 0 bridgehead atoms. The molecule has 1 aliphatic rings. The lowest BCUT2D eigenvalue weighted by Gasteiger charge is -2.26. The number of hydrogen-bond acceptors (Lipinski definition) is 6. The second-order valence-electron chi connectivity index (χ2n) is 7.74. The molecule has 1 aromatic heterocycles. The van der Waals surface area contributed by atoms with Gasteiger partial charge >= 0.3 is 5.97 Å². The van der Waals surface area contributed by atoms with Crippen molar-refractivity contribution >= 4 is 23.7 Å². The van der Waals surface area contributed by atoms with Gasteiger partial charge in [-0.15, -0.1) is 0 Å². The van der Waals surface area contributed by atoms with Crippen molar-refractivity contribution < 1.29 is 28.8 Å². The van der Waals surface area contributed by atoms with Gasteiger partial charge in [-0.25, -0.2) is 4.79 Å². The second kappa shape index (κ2) is 10.0. The fourth-order valence-electron chi connectivity index (χ4n) is 3.25. The van der Waals surface area contributed by atoms with Crippen molar-refractivity contribution in [3.63, 3.8) is 0 Å². The van der Waals surface area contributed by atoms with Gasteiger partial charge in [0.15, 0.2) is 5.69 Å². The average molecular weight is 408 g/mol. The molecule has 3 amide bonds. The lowest BCUT2D eigenvalue weighted by molar-refractivity contribution is -0.143. The molecule has 1 saturated heterocycles. The van der Waals surface area contributed by atoms with Crippen LogP contribution in [0, 0.1) is 18.8 Å². The van der Waals surface area contributed by atoms with Gasteiger partial charge in [-0.2, -0.15) is 0 Å². The topological polar surface area (TPSA) is 151 Å². The van der Waals surface area contributed by atoms with Crippen LogP contribution < -0.4 is 16.0 Å². The summed E-state index contributed by atoms with van der Waals surface area (Å²) in [5.74, 6) is -2.57. The third-order valence-electron chi connectivity index (χ3n) is 4.72. The van der Waals surface area contributed by atoms with Crippen LogP contribution in [-0.4, -0.2) is 52.6 Å². The number of rotatable bonds is 9. The third kappa shape index (κ3) is 6.58. The first-order chi connectivity index (χ1) is 13.7. The smallest absolute Gasteiger partial charge is 0.326 e. The number of aliphatic carboxylic acids is 1. The first kappa shape index (κ1) is 22.4. The molecule has 10 heteroatoms. The van der Waals surface area contributed by atoms with Crippen LogP contribution in [0.3, 0.4) is 0 Å². The van der Waals surface area contributed by atoms with E-state index in [9.17, 15) is 24.3 Å². The van der Waals surface area contributed by atoms with Crippen LogP contribution in [0.2, 0.25) is 0 Å². The van der Waals surface area contributed by atoms with Crippen molar-refractivity contribution in [1.82, 2.24) is 21.1 Å². The average Bonchev–Trinajstić information content (AvgIpc) is 3.08. The zero-order valence-corrected chi connectivity index (χ0v) is 16.9. The summed E-state index contributed by atoms with van der Waals surface area (Å²) in [5, 5.41) is 20.9. The van der Waals surface area contributed by atoms with Crippen molar-refractivity contribution in [1.29, 1.82) is 0 Å². The minimum Gasteiger partial charge on any atom is -0.480 e. The number of hydrogen-bond donors (Lipinski definition) is 4. The van der Waals surface area contributed by atoms with Gasteiger partial charge in [0.1, 0.15) is 17.8 Å². The summed E-state index contributed by atoms with van der Waals surface area (Å²) in [7, 11) is 0. The Balaban J connectivity index is 2.06. The van der Waals surface area contributed by atoms with Gasteiger partial charge in [-0.1, -0.05) is 19.0 Å². The molecule has 10 nitrogen and oxygen atoms in total. The lowest BCUT2D eigenvalue weighted by Crippen LogP contribution is -2.53. The fourth-order valence-corrected chi connectivity index (χ4v) is 3.25. The summed E-state index contributed by atoms with van der Waals surface area (Å²) in [4.78, 5) is 48.7. The van der Waals surface area contributed by atoms with E-state index in [0.29, 0.717) is 25.1 Å². The van der Waals surface area contributed by atoms with E-state index in [-0.39, 0.29) is 23.9 Å². The van der Waals surface area contributed by atoms with Crippen molar-refractivity contribution in [2.75, 3.05) is 6.54 Å². The van der Waals surface area contributed by atoms with Gasteiger partial charge in [-0.05, 0) is 38.5 Å². The number of amides is 3. The van der Waals surface area contributed by atoms with Crippen LogP contribution >= 0.6 is 0 Å². The Labute approximate surface area is 168 Å². The lowest BCUT2D eigenvalue weighted by atomic mass is 9.91. The van der Waals surface area contributed by atoms with E-state index in [0.717, 1.165) is 6.42 Å². The first-order valence-electron chi connectivity index (χ1n) is 9.72. The Morgan fingerprint density at radius 3 is 2.59 bits per heavy atom. The fraction of sp³-hybridized carbons (Fsp3) is 0.632. The third-order valence-corrected chi connectivity index (χ3v) is 4.72. The number of carboxylic acid groups (broad SMARTS) is 1. The number of piperidine rings is 1. The molecule has 160 valence electrons. The number of nitrogens with zero attached hydrogens (tertiary/aromatic N) is 1. The highest BCUT2D eigenvalue weighted by molar-refractivity contribution is 5.96. The van der Waals surface area contributed by atoms with Gasteiger partial charge in [0, 0.05) is 18.5 Å². The number of aryl methyl sites for hydroxylation is 1. The maximum atomic E-state index is 12.8. The van der Waals surface area contributed by atoms with Crippen molar-refractivity contribution in [2.24, 2.45) is 11.8 Å². The number of carboxylic acids is 1. The predicted octanol–water partition coefficient (Wildman–Crippen LogP) is 0.613. The van der Waals surface area contributed by atoms with E-state index in [2.05, 4.69) is 21.1 Å². The zero-order valence-electron chi connectivity index (χ0n) is 16.9.